The Bertz CT molecular complexity index is 1530. The Labute approximate surface area is 224 Å². The molecule has 0 saturated carbocycles. The summed E-state index contributed by atoms with van der Waals surface area (Å²) in [4.78, 5) is 0. The van der Waals surface area contributed by atoms with E-state index in [1.807, 2.05) is 45.9 Å². The van der Waals surface area contributed by atoms with Gasteiger partial charge in [0.15, 0.2) is 0 Å². The Morgan fingerprint density at radius 1 is 1.08 bits per heavy atom. The van der Waals surface area contributed by atoms with Gasteiger partial charge in [0, 0.05) is 16.6 Å². The normalized spacial score (nSPS) is 20.7. The summed E-state index contributed by atoms with van der Waals surface area (Å²) in [5, 5.41) is 20.7. The van der Waals surface area contributed by atoms with Crippen molar-refractivity contribution in [2.45, 2.75) is 57.3 Å². The molecule has 0 unspecified atom stereocenters. The fourth-order valence-corrected chi connectivity index (χ4v) is 5.96. The van der Waals surface area contributed by atoms with Gasteiger partial charge < -0.3 is 15.2 Å². The summed E-state index contributed by atoms with van der Waals surface area (Å²) in [5.41, 5.74) is 0.288. The second-order valence-electron chi connectivity index (χ2n) is 11.2. The number of methoxy groups -OCH3 is 1. The van der Waals surface area contributed by atoms with Crippen LogP contribution in [0, 0.1) is 11.7 Å². The van der Waals surface area contributed by atoms with E-state index in [1.165, 1.54) is 25.3 Å². The fraction of sp³-hybridized carbons (Fsp3) is 0.367. The van der Waals surface area contributed by atoms with Crippen molar-refractivity contribution in [3.05, 3.63) is 83.3 Å². The van der Waals surface area contributed by atoms with E-state index in [0.717, 1.165) is 17.0 Å². The minimum absolute atomic E-state index is 0.208. The first-order valence-electron chi connectivity index (χ1n) is 12.8. The number of nitrogens with one attached hydrogen (secondary N) is 1. The molecule has 4 aromatic rings. The van der Waals surface area contributed by atoms with E-state index in [9.17, 15) is 22.7 Å². The number of hydrogen-bond donors (Lipinski definition) is 2. The molecule has 5 rings (SSSR count). The number of halogens is 4. The maximum Gasteiger partial charge on any atom is 0.419 e. The lowest BCUT2D eigenvalue weighted by atomic mass is 9.60. The fourth-order valence-electron chi connectivity index (χ4n) is 5.96. The molecule has 0 radical (unpaired) electrons. The highest BCUT2D eigenvalue weighted by Crippen LogP contribution is 2.55. The number of nitrogens with zero attached hydrogens (tertiary/aromatic N) is 2. The van der Waals surface area contributed by atoms with Crippen LogP contribution in [-0.4, -0.2) is 27.6 Å². The molecule has 1 aromatic heterocycles. The molecule has 39 heavy (non-hydrogen) atoms. The number of ether oxygens (including phenoxy) is 1. The van der Waals surface area contributed by atoms with Gasteiger partial charge in [-0.15, -0.1) is 0 Å². The van der Waals surface area contributed by atoms with E-state index in [-0.39, 0.29) is 23.9 Å². The molecule has 1 aliphatic rings. The van der Waals surface area contributed by atoms with Crippen LogP contribution in [0.15, 0.2) is 60.8 Å². The van der Waals surface area contributed by atoms with Crippen LogP contribution in [0.3, 0.4) is 0 Å². The molecule has 1 heterocycles. The Morgan fingerprint density at radius 3 is 2.38 bits per heavy atom. The first kappa shape index (κ1) is 27.0. The maximum absolute atomic E-state index is 13.9. The second kappa shape index (κ2) is 9.26. The number of benzene rings is 3. The quantitative estimate of drug-likeness (QED) is 0.258. The zero-order chi connectivity index (χ0) is 28.3. The first-order valence-corrected chi connectivity index (χ1v) is 12.8. The molecule has 3 aromatic carbocycles. The lowest BCUT2D eigenvalue weighted by Crippen LogP contribution is -2.53. The molecule has 0 spiro atoms. The van der Waals surface area contributed by atoms with Gasteiger partial charge in [0.25, 0.3) is 0 Å². The predicted molar refractivity (Wildman–Crippen MR) is 143 cm³/mol. The molecule has 5 nitrogen and oxygen atoms in total. The number of alkyl halides is 3. The Kier molecular flexibility index (Phi) is 6.41. The van der Waals surface area contributed by atoms with Gasteiger partial charge in [-0.1, -0.05) is 33.8 Å². The molecule has 0 aliphatic heterocycles. The summed E-state index contributed by atoms with van der Waals surface area (Å²) in [6, 6.07) is 13.4. The number of fused-ring (bicyclic) bond motifs is 2. The lowest BCUT2D eigenvalue weighted by Gasteiger charge is -2.51. The average molecular weight is 542 g/mol. The number of aliphatic hydroxyl groups is 1. The Morgan fingerprint density at radius 2 is 1.77 bits per heavy atom. The maximum atomic E-state index is 13.9. The predicted octanol–water partition coefficient (Wildman–Crippen LogP) is 7.41. The van der Waals surface area contributed by atoms with Crippen LogP contribution in [-0.2, 0) is 11.6 Å². The van der Waals surface area contributed by atoms with Gasteiger partial charge in [-0.3, -0.25) is 0 Å². The third-order valence-corrected chi connectivity index (χ3v) is 7.86. The third kappa shape index (κ3) is 4.52. The van der Waals surface area contributed by atoms with Gasteiger partial charge in [-0.05, 0) is 71.8 Å². The number of hydrogen-bond acceptors (Lipinski definition) is 4. The molecule has 2 atom stereocenters. The highest BCUT2D eigenvalue weighted by molar-refractivity contribution is 5.84. The van der Waals surface area contributed by atoms with Crippen molar-refractivity contribution in [2.75, 3.05) is 12.4 Å². The van der Waals surface area contributed by atoms with Crippen molar-refractivity contribution in [3.8, 4) is 11.4 Å². The largest absolute Gasteiger partial charge is 0.496 e. The van der Waals surface area contributed by atoms with Crippen molar-refractivity contribution in [2.24, 2.45) is 5.92 Å². The first-order chi connectivity index (χ1) is 18.3. The number of anilines is 1. The molecule has 0 amide bonds. The average Bonchev–Trinajstić information content (AvgIpc) is 3.28. The standard InChI is InChI=1S/C30H31F4N3O2/c1-17(2)29(38)16-28(3,4)25-22(11-12-23(26(25)39-5)30(32,33)34)27(29)36-20-8-13-24-18(14-20)15-35-37(24)21-9-6-19(31)7-10-21/h6-15,17,27,36,38H,16H2,1-5H3/t27-,29+/m1/s1. The van der Waals surface area contributed by atoms with Gasteiger partial charge >= 0.3 is 6.18 Å². The van der Waals surface area contributed by atoms with Crippen LogP contribution in [0.4, 0.5) is 23.2 Å². The van der Waals surface area contributed by atoms with E-state index in [2.05, 4.69) is 10.4 Å². The zero-order valence-corrected chi connectivity index (χ0v) is 22.4. The van der Waals surface area contributed by atoms with Crippen molar-refractivity contribution >= 4 is 16.6 Å². The summed E-state index contributed by atoms with van der Waals surface area (Å²) in [5.74, 6) is -0.756. The smallest absolute Gasteiger partial charge is 0.419 e. The molecular weight excluding hydrogens is 510 g/mol. The lowest BCUT2D eigenvalue weighted by molar-refractivity contribution is -0.139. The van der Waals surface area contributed by atoms with E-state index in [4.69, 9.17) is 4.74 Å². The van der Waals surface area contributed by atoms with E-state index < -0.39 is 28.8 Å². The molecule has 0 saturated heterocycles. The summed E-state index contributed by atoms with van der Waals surface area (Å²) >= 11 is 0. The van der Waals surface area contributed by atoms with E-state index in [0.29, 0.717) is 22.5 Å². The summed E-state index contributed by atoms with van der Waals surface area (Å²) in [7, 11) is 1.25. The van der Waals surface area contributed by atoms with Crippen LogP contribution in [0.2, 0.25) is 0 Å². The zero-order valence-electron chi connectivity index (χ0n) is 22.4. The molecule has 2 N–H and O–H groups in total. The summed E-state index contributed by atoms with van der Waals surface area (Å²) < 4.78 is 62.2. The molecule has 206 valence electrons. The Hall–Kier alpha value is -3.59. The van der Waals surface area contributed by atoms with Crippen LogP contribution >= 0.6 is 0 Å². The highest BCUT2D eigenvalue weighted by atomic mass is 19.4. The van der Waals surface area contributed by atoms with Crippen molar-refractivity contribution < 1.29 is 27.4 Å². The SMILES string of the molecule is COc1c(C(F)(F)F)ccc2c1C(C)(C)C[C@](O)(C(C)C)[C@@H]2Nc1ccc2c(cnn2-c2ccc(F)cc2)c1. The highest BCUT2D eigenvalue weighted by Gasteiger charge is 2.53. The minimum Gasteiger partial charge on any atom is -0.496 e. The van der Waals surface area contributed by atoms with Gasteiger partial charge in [-0.2, -0.15) is 18.3 Å². The van der Waals surface area contributed by atoms with Gasteiger partial charge in [0.2, 0.25) is 0 Å². The third-order valence-electron chi connectivity index (χ3n) is 7.86. The molecule has 1 aliphatic carbocycles. The van der Waals surface area contributed by atoms with Crippen LogP contribution in [0.1, 0.15) is 56.8 Å². The van der Waals surface area contributed by atoms with Crippen molar-refractivity contribution in [1.29, 1.82) is 0 Å². The molecular formula is C30H31F4N3O2. The minimum atomic E-state index is -4.58. The molecule has 0 fully saturated rings. The Balaban J connectivity index is 1.61. The van der Waals surface area contributed by atoms with Crippen molar-refractivity contribution in [1.82, 2.24) is 9.78 Å². The molecule has 9 heteroatoms. The van der Waals surface area contributed by atoms with Crippen LogP contribution < -0.4 is 10.1 Å². The van der Waals surface area contributed by atoms with E-state index in [1.54, 1.807) is 23.0 Å². The topological polar surface area (TPSA) is 59.3 Å². The molecule has 0 bridgehead atoms. The summed E-state index contributed by atoms with van der Waals surface area (Å²) in [6.07, 6.45) is -2.67. The number of rotatable bonds is 5. The monoisotopic (exact) mass is 541 g/mol. The van der Waals surface area contributed by atoms with Gasteiger partial charge in [0.1, 0.15) is 11.6 Å². The van der Waals surface area contributed by atoms with Gasteiger partial charge in [-0.25, -0.2) is 9.07 Å². The van der Waals surface area contributed by atoms with Gasteiger partial charge in [0.05, 0.1) is 41.7 Å². The van der Waals surface area contributed by atoms with Crippen LogP contribution in [0.25, 0.3) is 16.6 Å². The van der Waals surface area contributed by atoms with E-state index >= 15 is 0 Å². The van der Waals surface area contributed by atoms with Crippen molar-refractivity contribution in [3.63, 3.8) is 0 Å². The summed E-state index contributed by atoms with van der Waals surface area (Å²) in [6.45, 7) is 7.50. The second-order valence-corrected chi connectivity index (χ2v) is 11.2. The number of aromatic nitrogens is 2. The van der Waals surface area contributed by atoms with Crippen LogP contribution in [0.5, 0.6) is 5.75 Å².